The second-order valence-corrected chi connectivity index (χ2v) is 4.22. The first kappa shape index (κ1) is 12.5. The van der Waals surface area contributed by atoms with Gasteiger partial charge in [-0.3, -0.25) is 9.58 Å². The van der Waals surface area contributed by atoms with E-state index < -0.39 is 0 Å². The van der Waals surface area contributed by atoms with E-state index in [-0.39, 0.29) is 0 Å². The standard InChI is InChI=1S/C11H20ClN3/c1-3-4-6-15(7-5-12)10-11-8-13-14(2)9-11/h8-9H,3-7,10H2,1-2H3. The fourth-order valence-electron chi connectivity index (χ4n) is 1.58. The number of rotatable bonds is 7. The maximum absolute atomic E-state index is 5.78. The number of hydrogen-bond donors (Lipinski definition) is 0. The van der Waals surface area contributed by atoms with Crippen molar-refractivity contribution in [2.75, 3.05) is 19.0 Å². The second-order valence-electron chi connectivity index (χ2n) is 3.84. The van der Waals surface area contributed by atoms with Gasteiger partial charge in [0.2, 0.25) is 0 Å². The number of hydrogen-bond acceptors (Lipinski definition) is 2. The maximum Gasteiger partial charge on any atom is 0.0534 e. The van der Waals surface area contributed by atoms with Crippen molar-refractivity contribution < 1.29 is 0 Å². The van der Waals surface area contributed by atoms with Gasteiger partial charge in [-0.2, -0.15) is 5.10 Å². The Morgan fingerprint density at radius 2 is 2.27 bits per heavy atom. The summed E-state index contributed by atoms with van der Waals surface area (Å²) < 4.78 is 1.84. The van der Waals surface area contributed by atoms with Crippen LogP contribution in [0.2, 0.25) is 0 Å². The smallest absolute Gasteiger partial charge is 0.0534 e. The molecule has 0 aromatic carbocycles. The minimum absolute atomic E-state index is 0.698. The van der Waals surface area contributed by atoms with E-state index in [1.165, 1.54) is 18.4 Å². The van der Waals surface area contributed by atoms with Gasteiger partial charge in [0.15, 0.2) is 0 Å². The molecule has 15 heavy (non-hydrogen) atoms. The summed E-state index contributed by atoms with van der Waals surface area (Å²) in [4.78, 5) is 2.38. The molecule has 0 saturated heterocycles. The molecule has 0 aliphatic carbocycles. The molecule has 4 heteroatoms. The van der Waals surface area contributed by atoms with Crippen LogP contribution in [-0.2, 0) is 13.6 Å². The summed E-state index contributed by atoms with van der Waals surface area (Å²) in [7, 11) is 1.95. The summed E-state index contributed by atoms with van der Waals surface area (Å²) in [5, 5.41) is 4.17. The van der Waals surface area contributed by atoms with Gasteiger partial charge in [0.1, 0.15) is 0 Å². The minimum atomic E-state index is 0.698. The Hall–Kier alpha value is -0.540. The summed E-state index contributed by atoms with van der Waals surface area (Å²) in [6.45, 7) is 5.25. The first-order valence-corrected chi connectivity index (χ1v) is 6.05. The Bertz CT molecular complexity index is 273. The maximum atomic E-state index is 5.78. The van der Waals surface area contributed by atoms with Crippen molar-refractivity contribution in [3.63, 3.8) is 0 Å². The molecular weight excluding hydrogens is 210 g/mol. The van der Waals surface area contributed by atoms with Crippen LogP contribution in [0.25, 0.3) is 0 Å². The Morgan fingerprint density at radius 1 is 1.47 bits per heavy atom. The van der Waals surface area contributed by atoms with Crippen LogP contribution in [0.3, 0.4) is 0 Å². The largest absolute Gasteiger partial charge is 0.298 e. The molecule has 3 nitrogen and oxygen atoms in total. The van der Waals surface area contributed by atoms with Crippen molar-refractivity contribution >= 4 is 11.6 Å². The van der Waals surface area contributed by atoms with E-state index in [2.05, 4.69) is 23.1 Å². The number of halogens is 1. The van der Waals surface area contributed by atoms with Gasteiger partial charge in [0, 0.05) is 37.8 Å². The van der Waals surface area contributed by atoms with Crippen LogP contribution in [0.1, 0.15) is 25.3 Å². The van der Waals surface area contributed by atoms with Gasteiger partial charge in [0.05, 0.1) is 6.20 Å². The number of alkyl halides is 1. The molecule has 0 radical (unpaired) electrons. The third-order valence-corrected chi connectivity index (χ3v) is 2.56. The lowest BCUT2D eigenvalue weighted by Crippen LogP contribution is -2.26. The van der Waals surface area contributed by atoms with Gasteiger partial charge in [-0.25, -0.2) is 0 Å². The molecule has 0 bridgehead atoms. The first-order chi connectivity index (χ1) is 7.26. The van der Waals surface area contributed by atoms with E-state index >= 15 is 0 Å². The number of unbranched alkanes of at least 4 members (excludes halogenated alkanes) is 1. The fraction of sp³-hybridized carbons (Fsp3) is 0.727. The normalized spacial score (nSPS) is 11.2. The van der Waals surface area contributed by atoms with Gasteiger partial charge in [-0.15, -0.1) is 11.6 Å². The van der Waals surface area contributed by atoms with E-state index in [4.69, 9.17) is 11.6 Å². The molecule has 1 heterocycles. The number of aryl methyl sites for hydroxylation is 1. The molecule has 0 aliphatic rings. The van der Waals surface area contributed by atoms with Crippen molar-refractivity contribution in [1.82, 2.24) is 14.7 Å². The molecule has 86 valence electrons. The molecule has 1 rings (SSSR count). The molecule has 0 fully saturated rings. The van der Waals surface area contributed by atoms with Crippen LogP contribution in [-0.4, -0.2) is 33.6 Å². The van der Waals surface area contributed by atoms with Crippen LogP contribution < -0.4 is 0 Å². The van der Waals surface area contributed by atoms with Crippen LogP contribution in [0.15, 0.2) is 12.4 Å². The van der Waals surface area contributed by atoms with E-state index in [0.29, 0.717) is 5.88 Å². The quantitative estimate of drug-likeness (QED) is 0.669. The highest BCUT2D eigenvalue weighted by Crippen LogP contribution is 2.05. The summed E-state index contributed by atoms with van der Waals surface area (Å²) in [6, 6.07) is 0. The molecule has 0 unspecified atom stereocenters. The van der Waals surface area contributed by atoms with Crippen molar-refractivity contribution in [3.8, 4) is 0 Å². The number of aromatic nitrogens is 2. The molecule has 0 N–H and O–H groups in total. The van der Waals surface area contributed by atoms with E-state index in [0.717, 1.165) is 19.6 Å². The third kappa shape index (κ3) is 4.67. The third-order valence-electron chi connectivity index (χ3n) is 2.39. The van der Waals surface area contributed by atoms with Gasteiger partial charge in [-0.1, -0.05) is 13.3 Å². The van der Waals surface area contributed by atoms with Crippen molar-refractivity contribution in [2.24, 2.45) is 7.05 Å². The zero-order chi connectivity index (χ0) is 11.1. The molecule has 1 aromatic rings. The lowest BCUT2D eigenvalue weighted by atomic mass is 10.2. The van der Waals surface area contributed by atoms with Gasteiger partial charge < -0.3 is 0 Å². The zero-order valence-electron chi connectivity index (χ0n) is 9.62. The van der Waals surface area contributed by atoms with Crippen LogP contribution in [0, 0.1) is 0 Å². The summed E-state index contributed by atoms with van der Waals surface area (Å²) >= 11 is 5.78. The SMILES string of the molecule is CCCCN(CCCl)Cc1cnn(C)c1. The van der Waals surface area contributed by atoms with Crippen molar-refractivity contribution in [1.29, 1.82) is 0 Å². The molecule has 0 aliphatic heterocycles. The summed E-state index contributed by atoms with van der Waals surface area (Å²) in [5.41, 5.74) is 1.26. The topological polar surface area (TPSA) is 21.1 Å². The van der Waals surface area contributed by atoms with Crippen LogP contribution in [0.4, 0.5) is 0 Å². The summed E-state index contributed by atoms with van der Waals surface area (Å²) in [6.07, 6.45) is 6.45. The van der Waals surface area contributed by atoms with Crippen molar-refractivity contribution in [3.05, 3.63) is 18.0 Å². The van der Waals surface area contributed by atoms with Crippen LogP contribution in [0.5, 0.6) is 0 Å². The molecule has 0 saturated carbocycles. The molecule has 0 spiro atoms. The van der Waals surface area contributed by atoms with E-state index in [9.17, 15) is 0 Å². The highest BCUT2D eigenvalue weighted by Gasteiger charge is 2.05. The molecule has 0 atom stereocenters. The lowest BCUT2D eigenvalue weighted by Gasteiger charge is -2.19. The van der Waals surface area contributed by atoms with Crippen LogP contribution >= 0.6 is 11.6 Å². The average molecular weight is 230 g/mol. The Kier molecular flexibility index (Phi) is 5.73. The minimum Gasteiger partial charge on any atom is -0.298 e. The van der Waals surface area contributed by atoms with Crippen molar-refractivity contribution in [2.45, 2.75) is 26.3 Å². The average Bonchev–Trinajstić information content (AvgIpc) is 2.61. The highest BCUT2D eigenvalue weighted by molar-refractivity contribution is 6.18. The van der Waals surface area contributed by atoms with E-state index in [1.54, 1.807) is 0 Å². The van der Waals surface area contributed by atoms with E-state index in [1.807, 2.05) is 17.9 Å². The lowest BCUT2D eigenvalue weighted by molar-refractivity contribution is 0.277. The summed E-state index contributed by atoms with van der Waals surface area (Å²) in [5.74, 6) is 0.698. The Balaban J connectivity index is 2.42. The highest BCUT2D eigenvalue weighted by atomic mass is 35.5. The van der Waals surface area contributed by atoms with Gasteiger partial charge in [0.25, 0.3) is 0 Å². The van der Waals surface area contributed by atoms with Gasteiger partial charge in [-0.05, 0) is 13.0 Å². The zero-order valence-corrected chi connectivity index (χ0v) is 10.4. The molecule has 0 amide bonds. The fourth-order valence-corrected chi connectivity index (χ4v) is 1.82. The van der Waals surface area contributed by atoms with Gasteiger partial charge >= 0.3 is 0 Å². The predicted molar refractivity (Wildman–Crippen MR) is 64.1 cm³/mol. The first-order valence-electron chi connectivity index (χ1n) is 5.52. The Labute approximate surface area is 97.0 Å². The molecular formula is C11H20ClN3. The second kappa shape index (κ2) is 6.85. The monoisotopic (exact) mass is 229 g/mol. The molecule has 1 aromatic heterocycles. The predicted octanol–water partition coefficient (Wildman–Crippen LogP) is 2.26. The Morgan fingerprint density at radius 3 is 2.80 bits per heavy atom. The number of nitrogens with zero attached hydrogens (tertiary/aromatic N) is 3.